The molecule has 0 amide bonds. The van der Waals surface area contributed by atoms with Gasteiger partial charge in [0.15, 0.2) is 0 Å². The number of unbranched alkanes of at least 4 members (excludes halogenated alkanes) is 3. The Morgan fingerprint density at radius 3 is 2.11 bits per heavy atom. The third-order valence-corrected chi connectivity index (χ3v) is 7.11. The number of rotatable bonds is 17. The van der Waals surface area contributed by atoms with Gasteiger partial charge in [0, 0.05) is 29.6 Å². The minimum atomic E-state index is -3.36. The van der Waals surface area contributed by atoms with E-state index in [9.17, 15) is 8.42 Å². The van der Waals surface area contributed by atoms with Crippen LogP contribution >= 0.6 is 12.4 Å². The van der Waals surface area contributed by atoms with Gasteiger partial charge >= 0.3 is 0 Å². The number of nitrogens with one attached hydrogen (secondary N) is 1. The molecule has 38 heavy (non-hydrogen) atoms. The largest absolute Gasteiger partial charge is 0.494 e. The van der Waals surface area contributed by atoms with Crippen LogP contribution in [0.1, 0.15) is 71.5 Å². The van der Waals surface area contributed by atoms with E-state index in [0.29, 0.717) is 12.3 Å². The predicted octanol–water partition coefficient (Wildman–Crippen LogP) is 7.91. The Morgan fingerprint density at radius 1 is 0.868 bits per heavy atom. The van der Waals surface area contributed by atoms with Crippen LogP contribution in [0.3, 0.4) is 0 Å². The summed E-state index contributed by atoms with van der Waals surface area (Å²) in [5, 5.41) is 0.910. The van der Waals surface area contributed by atoms with E-state index in [2.05, 4.69) is 42.5 Å². The fourth-order valence-electron chi connectivity index (χ4n) is 4.55. The maximum atomic E-state index is 11.8. The number of furan rings is 1. The molecule has 1 N–H and O–H groups in total. The molecule has 0 saturated heterocycles. The van der Waals surface area contributed by atoms with E-state index < -0.39 is 10.0 Å². The summed E-state index contributed by atoms with van der Waals surface area (Å²) in [5.41, 5.74) is 3.36. The molecular formula is C30H45ClN2O4S. The Morgan fingerprint density at radius 2 is 1.50 bits per heavy atom. The van der Waals surface area contributed by atoms with E-state index in [1.165, 1.54) is 38.8 Å². The van der Waals surface area contributed by atoms with Crippen LogP contribution in [0.2, 0.25) is 0 Å². The summed E-state index contributed by atoms with van der Waals surface area (Å²) < 4.78 is 38.4. The predicted molar refractivity (Wildman–Crippen MR) is 162 cm³/mol. The molecule has 3 aromatic rings. The number of halogens is 1. The molecule has 8 heteroatoms. The summed E-state index contributed by atoms with van der Waals surface area (Å²) in [6, 6.07) is 13.6. The lowest BCUT2D eigenvalue weighted by atomic mass is 9.99. The van der Waals surface area contributed by atoms with Gasteiger partial charge in [0.05, 0.1) is 12.9 Å². The number of nitrogens with zero attached hydrogens (tertiary/aromatic N) is 1. The number of ether oxygens (including phenoxy) is 1. The SMILES string of the molecule is CCCCc1oc2ccc(NS(C)(=O)=O)cc2c1-c1ccc(OCCCN(CCCC)CCCC)cc1.Cl. The Bertz CT molecular complexity index is 1200. The van der Waals surface area contributed by atoms with Gasteiger partial charge in [0.1, 0.15) is 17.1 Å². The van der Waals surface area contributed by atoms with Crippen molar-refractivity contribution in [3.8, 4) is 16.9 Å². The Kier molecular flexibility index (Phi) is 13.5. The number of benzene rings is 2. The van der Waals surface area contributed by atoms with Crippen molar-refractivity contribution in [2.24, 2.45) is 0 Å². The van der Waals surface area contributed by atoms with E-state index >= 15 is 0 Å². The van der Waals surface area contributed by atoms with Crippen molar-refractivity contribution in [1.82, 2.24) is 4.90 Å². The summed E-state index contributed by atoms with van der Waals surface area (Å²) in [6.07, 6.45) is 10.1. The van der Waals surface area contributed by atoms with Gasteiger partial charge in [0.2, 0.25) is 10.0 Å². The Hall–Kier alpha value is -2.22. The number of hydrogen-bond donors (Lipinski definition) is 1. The molecule has 1 aromatic heterocycles. The normalized spacial score (nSPS) is 11.6. The summed E-state index contributed by atoms with van der Waals surface area (Å²) >= 11 is 0. The van der Waals surface area contributed by atoms with Crippen molar-refractivity contribution in [3.05, 3.63) is 48.2 Å². The Labute approximate surface area is 235 Å². The molecule has 0 aliphatic carbocycles. The first-order chi connectivity index (χ1) is 17.8. The molecule has 3 rings (SSSR count). The number of anilines is 1. The van der Waals surface area contributed by atoms with Crippen LogP contribution in [0, 0.1) is 0 Å². The van der Waals surface area contributed by atoms with Crippen LogP contribution in [-0.2, 0) is 16.4 Å². The van der Waals surface area contributed by atoms with Crippen molar-refractivity contribution < 1.29 is 17.6 Å². The quantitative estimate of drug-likeness (QED) is 0.169. The molecule has 0 aliphatic rings. The van der Waals surface area contributed by atoms with Crippen LogP contribution in [-0.4, -0.2) is 45.8 Å². The molecule has 0 spiro atoms. The van der Waals surface area contributed by atoms with Crippen molar-refractivity contribution in [3.63, 3.8) is 0 Å². The third-order valence-electron chi connectivity index (χ3n) is 6.51. The van der Waals surface area contributed by atoms with Crippen LogP contribution in [0.15, 0.2) is 46.9 Å². The molecule has 0 bridgehead atoms. The molecule has 0 atom stereocenters. The zero-order valence-electron chi connectivity index (χ0n) is 23.4. The van der Waals surface area contributed by atoms with Gasteiger partial charge in [-0.3, -0.25) is 4.72 Å². The lowest BCUT2D eigenvalue weighted by molar-refractivity contribution is 0.229. The zero-order valence-corrected chi connectivity index (χ0v) is 25.1. The maximum Gasteiger partial charge on any atom is 0.229 e. The van der Waals surface area contributed by atoms with Crippen molar-refractivity contribution in [2.45, 2.75) is 72.1 Å². The first-order valence-electron chi connectivity index (χ1n) is 13.8. The standard InChI is InChI=1S/C30H44N2O4S.ClH/c1-5-8-12-29-30(27-23-25(31-37(4,33)34)15-18-28(27)36-29)24-13-16-26(17-14-24)35-22-11-21-32(19-9-6-2)20-10-7-3;/h13-18,23,31H,5-12,19-22H2,1-4H3;1H. The van der Waals surface area contributed by atoms with E-state index in [1.54, 1.807) is 6.07 Å². The summed E-state index contributed by atoms with van der Waals surface area (Å²) in [6.45, 7) is 10.8. The smallest absolute Gasteiger partial charge is 0.229 e. The third kappa shape index (κ3) is 9.83. The van der Waals surface area contributed by atoms with Gasteiger partial charge in [0.25, 0.3) is 0 Å². The van der Waals surface area contributed by atoms with Crippen molar-refractivity contribution in [1.29, 1.82) is 0 Å². The first kappa shape index (κ1) is 32.0. The molecule has 6 nitrogen and oxygen atoms in total. The fourth-order valence-corrected chi connectivity index (χ4v) is 5.11. The van der Waals surface area contributed by atoms with Crippen LogP contribution in [0.25, 0.3) is 22.1 Å². The second kappa shape index (κ2) is 16.0. The number of hydrogen-bond acceptors (Lipinski definition) is 5. The molecule has 212 valence electrons. The van der Waals surface area contributed by atoms with Gasteiger partial charge < -0.3 is 14.1 Å². The van der Waals surface area contributed by atoms with Crippen LogP contribution in [0.4, 0.5) is 5.69 Å². The monoisotopic (exact) mass is 564 g/mol. The molecule has 0 fully saturated rings. The Balaban J connectivity index is 0.00000507. The van der Waals surface area contributed by atoms with Crippen LogP contribution < -0.4 is 9.46 Å². The van der Waals surface area contributed by atoms with E-state index in [4.69, 9.17) is 9.15 Å². The lowest BCUT2D eigenvalue weighted by Gasteiger charge is -2.21. The summed E-state index contributed by atoms with van der Waals surface area (Å²) in [5.74, 6) is 1.79. The van der Waals surface area contributed by atoms with E-state index in [0.717, 1.165) is 72.1 Å². The molecule has 2 aromatic carbocycles. The molecule has 0 radical (unpaired) electrons. The van der Waals surface area contributed by atoms with Gasteiger partial charge in [-0.1, -0.05) is 52.2 Å². The second-order valence-electron chi connectivity index (χ2n) is 9.86. The van der Waals surface area contributed by atoms with Crippen molar-refractivity contribution in [2.75, 3.05) is 37.2 Å². The second-order valence-corrected chi connectivity index (χ2v) is 11.6. The number of aryl methyl sites for hydroxylation is 1. The lowest BCUT2D eigenvalue weighted by Crippen LogP contribution is -2.28. The highest BCUT2D eigenvalue weighted by Crippen LogP contribution is 2.38. The van der Waals surface area contributed by atoms with Gasteiger partial charge in [-0.2, -0.15) is 0 Å². The number of sulfonamides is 1. The van der Waals surface area contributed by atoms with Crippen molar-refractivity contribution >= 4 is 39.1 Å². The average Bonchev–Trinajstić information content (AvgIpc) is 3.23. The van der Waals surface area contributed by atoms with Crippen LogP contribution in [0.5, 0.6) is 5.75 Å². The highest BCUT2D eigenvalue weighted by Gasteiger charge is 2.17. The molecule has 0 saturated carbocycles. The fraction of sp³-hybridized carbons (Fsp3) is 0.533. The minimum Gasteiger partial charge on any atom is -0.494 e. The highest BCUT2D eigenvalue weighted by atomic mass is 35.5. The van der Waals surface area contributed by atoms with Gasteiger partial charge in [-0.05, 0) is 74.7 Å². The average molecular weight is 565 g/mol. The molecule has 0 unspecified atom stereocenters. The number of fused-ring (bicyclic) bond motifs is 1. The summed E-state index contributed by atoms with van der Waals surface area (Å²) in [4.78, 5) is 2.56. The van der Waals surface area contributed by atoms with E-state index in [1.807, 2.05) is 24.3 Å². The minimum absolute atomic E-state index is 0. The zero-order chi connectivity index (χ0) is 26.7. The summed E-state index contributed by atoms with van der Waals surface area (Å²) in [7, 11) is -3.36. The van der Waals surface area contributed by atoms with Gasteiger partial charge in [-0.15, -0.1) is 12.4 Å². The molecule has 0 aliphatic heterocycles. The first-order valence-corrected chi connectivity index (χ1v) is 15.7. The molecular weight excluding hydrogens is 520 g/mol. The molecule has 1 heterocycles. The highest BCUT2D eigenvalue weighted by molar-refractivity contribution is 7.92. The topological polar surface area (TPSA) is 71.8 Å². The van der Waals surface area contributed by atoms with Gasteiger partial charge in [-0.25, -0.2) is 8.42 Å². The van der Waals surface area contributed by atoms with E-state index in [-0.39, 0.29) is 12.4 Å². The maximum absolute atomic E-state index is 11.8.